The SMILES string of the molecule is CC(C)(C)c1nc(Cn2cc(CNC3CC3)nn2)no1. The van der Waals surface area contributed by atoms with Crippen molar-refractivity contribution in [1.82, 2.24) is 30.5 Å². The minimum Gasteiger partial charge on any atom is -0.339 e. The molecule has 3 rings (SSSR count). The molecule has 1 saturated carbocycles. The highest BCUT2D eigenvalue weighted by Gasteiger charge is 2.22. The largest absolute Gasteiger partial charge is 0.339 e. The van der Waals surface area contributed by atoms with E-state index in [0.717, 1.165) is 12.2 Å². The maximum Gasteiger partial charge on any atom is 0.232 e. The van der Waals surface area contributed by atoms with Gasteiger partial charge in [0.2, 0.25) is 5.89 Å². The molecule has 7 heteroatoms. The number of hydrogen-bond acceptors (Lipinski definition) is 6. The molecule has 1 N–H and O–H groups in total. The Hall–Kier alpha value is -1.76. The van der Waals surface area contributed by atoms with Crippen LogP contribution in [0.5, 0.6) is 0 Å². The van der Waals surface area contributed by atoms with Crippen molar-refractivity contribution < 1.29 is 4.52 Å². The second kappa shape index (κ2) is 4.97. The summed E-state index contributed by atoms with van der Waals surface area (Å²) in [6, 6.07) is 0.673. The first-order chi connectivity index (χ1) is 9.50. The average Bonchev–Trinajstić information content (AvgIpc) is 2.89. The van der Waals surface area contributed by atoms with Gasteiger partial charge in [-0.25, -0.2) is 4.68 Å². The van der Waals surface area contributed by atoms with Crippen LogP contribution in [0.1, 0.15) is 51.0 Å². The molecule has 20 heavy (non-hydrogen) atoms. The molecule has 108 valence electrons. The third-order valence-electron chi connectivity index (χ3n) is 3.15. The van der Waals surface area contributed by atoms with Gasteiger partial charge in [-0.2, -0.15) is 4.98 Å². The summed E-state index contributed by atoms with van der Waals surface area (Å²) in [7, 11) is 0. The van der Waals surface area contributed by atoms with Crippen molar-refractivity contribution in [3.05, 3.63) is 23.6 Å². The molecular weight excluding hydrogens is 256 g/mol. The Kier molecular flexibility index (Phi) is 3.29. The first-order valence-electron chi connectivity index (χ1n) is 6.96. The molecular formula is C13H20N6O. The third-order valence-corrected chi connectivity index (χ3v) is 3.15. The van der Waals surface area contributed by atoms with E-state index in [1.54, 1.807) is 4.68 Å². The molecule has 0 aromatic carbocycles. The molecule has 2 aromatic rings. The lowest BCUT2D eigenvalue weighted by Crippen LogP contribution is -2.15. The summed E-state index contributed by atoms with van der Waals surface area (Å²) < 4.78 is 7.00. The van der Waals surface area contributed by atoms with Gasteiger partial charge in [0.15, 0.2) is 5.82 Å². The molecule has 2 aromatic heterocycles. The topological polar surface area (TPSA) is 81.7 Å². The van der Waals surface area contributed by atoms with Crippen molar-refractivity contribution in [2.45, 2.75) is 58.2 Å². The second-order valence-corrected chi connectivity index (χ2v) is 6.33. The van der Waals surface area contributed by atoms with Gasteiger partial charge in [-0.3, -0.25) is 0 Å². The minimum absolute atomic E-state index is 0.132. The van der Waals surface area contributed by atoms with Crippen LogP contribution in [0.3, 0.4) is 0 Å². The maximum absolute atomic E-state index is 5.26. The summed E-state index contributed by atoms with van der Waals surface area (Å²) in [6.45, 7) is 7.38. The monoisotopic (exact) mass is 276 g/mol. The Morgan fingerprint density at radius 2 is 2.20 bits per heavy atom. The summed E-state index contributed by atoms with van der Waals surface area (Å²) in [5.41, 5.74) is 0.809. The van der Waals surface area contributed by atoms with Crippen molar-refractivity contribution in [2.24, 2.45) is 0 Å². The van der Waals surface area contributed by atoms with Gasteiger partial charge in [-0.05, 0) is 12.8 Å². The van der Waals surface area contributed by atoms with E-state index in [0.29, 0.717) is 24.3 Å². The van der Waals surface area contributed by atoms with Crippen LogP contribution in [0.4, 0.5) is 0 Å². The first kappa shape index (κ1) is 13.2. The van der Waals surface area contributed by atoms with Crippen molar-refractivity contribution in [1.29, 1.82) is 0 Å². The van der Waals surface area contributed by atoms with Gasteiger partial charge < -0.3 is 9.84 Å². The lowest BCUT2D eigenvalue weighted by atomic mass is 9.97. The molecule has 0 amide bonds. The fourth-order valence-electron chi connectivity index (χ4n) is 1.80. The Morgan fingerprint density at radius 1 is 1.40 bits per heavy atom. The van der Waals surface area contributed by atoms with E-state index in [1.807, 2.05) is 27.0 Å². The van der Waals surface area contributed by atoms with Gasteiger partial charge in [0, 0.05) is 18.0 Å². The summed E-state index contributed by atoms with van der Waals surface area (Å²) in [5.74, 6) is 1.27. The number of nitrogens with zero attached hydrogens (tertiary/aromatic N) is 5. The summed E-state index contributed by atoms with van der Waals surface area (Å²) >= 11 is 0. The molecule has 7 nitrogen and oxygen atoms in total. The van der Waals surface area contributed by atoms with Crippen LogP contribution in [0.25, 0.3) is 0 Å². The molecule has 0 atom stereocenters. The van der Waals surface area contributed by atoms with Crippen LogP contribution in [-0.4, -0.2) is 31.2 Å². The zero-order chi connectivity index (χ0) is 14.2. The zero-order valence-electron chi connectivity index (χ0n) is 12.1. The van der Waals surface area contributed by atoms with E-state index in [2.05, 4.69) is 25.8 Å². The first-order valence-corrected chi connectivity index (χ1v) is 6.96. The van der Waals surface area contributed by atoms with E-state index < -0.39 is 0 Å². The van der Waals surface area contributed by atoms with Crippen molar-refractivity contribution in [2.75, 3.05) is 0 Å². The van der Waals surface area contributed by atoms with Crippen LogP contribution in [0, 0.1) is 0 Å². The second-order valence-electron chi connectivity index (χ2n) is 6.33. The number of nitrogens with one attached hydrogen (secondary N) is 1. The number of aromatic nitrogens is 5. The standard InChI is InChI=1S/C13H20N6O/c1-13(2,3)12-15-11(17-20-12)8-19-7-10(16-18-19)6-14-9-4-5-9/h7,9,14H,4-6,8H2,1-3H3. The minimum atomic E-state index is -0.132. The highest BCUT2D eigenvalue weighted by Crippen LogP contribution is 2.20. The molecule has 0 radical (unpaired) electrons. The normalized spacial score (nSPS) is 15.8. The quantitative estimate of drug-likeness (QED) is 0.885. The predicted molar refractivity (Wildman–Crippen MR) is 72.0 cm³/mol. The van der Waals surface area contributed by atoms with Gasteiger partial charge >= 0.3 is 0 Å². The van der Waals surface area contributed by atoms with E-state index in [4.69, 9.17) is 4.52 Å². The lowest BCUT2D eigenvalue weighted by Gasteiger charge is -2.10. The Bertz CT molecular complexity index is 578. The Labute approximate surface area is 117 Å². The molecule has 0 aliphatic heterocycles. The van der Waals surface area contributed by atoms with Gasteiger partial charge in [0.25, 0.3) is 0 Å². The van der Waals surface area contributed by atoms with Crippen LogP contribution in [-0.2, 0) is 18.5 Å². The Balaban J connectivity index is 1.60. The molecule has 0 saturated heterocycles. The van der Waals surface area contributed by atoms with Gasteiger partial charge in [0.05, 0.1) is 11.9 Å². The van der Waals surface area contributed by atoms with Gasteiger partial charge in [-0.15, -0.1) is 5.10 Å². The van der Waals surface area contributed by atoms with Crippen molar-refractivity contribution in [3.8, 4) is 0 Å². The summed E-state index contributed by atoms with van der Waals surface area (Å²) in [4.78, 5) is 4.39. The number of hydrogen-bond donors (Lipinski definition) is 1. The van der Waals surface area contributed by atoms with E-state index in [-0.39, 0.29) is 5.41 Å². The molecule has 1 aliphatic rings. The third kappa shape index (κ3) is 3.22. The van der Waals surface area contributed by atoms with Crippen molar-refractivity contribution >= 4 is 0 Å². The fraction of sp³-hybridized carbons (Fsp3) is 0.692. The van der Waals surface area contributed by atoms with Gasteiger partial charge in [0.1, 0.15) is 6.54 Å². The molecule has 1 aliphatic carbocycles. The fourth-order valence-corrected chi connectivity index (χ4v) is 1.80. The van der Waals surface area contributed by atoms with Gasteiger partial charge in [-0.1, -0.05) is 31.1 Å². The summed E-state index contributed by atoms with van der Waals surface area (Å²) in [5, 5.41) is 15.6. The molecule has 0 unspecified atom stereocenters. The van der Waals surface area contributed by atoms with Crippen LogP contribution in [0.2, 0.25) is 0 Å². The predicted octanol–water partition coefficient (Wildman–Crippen LogP) is 1.26. The molecule has 2 heterocycles. The highest BCUT2D eigenvalue weighted by molar-refractivity contribution is 5.00. The average molecular weight is 276 g/mol. The Morgan fingerprint density at radius 3 is 2.85 bits per heavy atom. The van der Waals surface area contributed by atoms with E-state index in [1.165, 1.54) is 12.8 Å². The van der Waals surface area contributed by atoms with Crippen LogP contribution >= 0.6 is 0 Å². The highest BCUT2D eigenvalue weighted by atomic mass is 16.5. The van der Waals surface area contributed by atoms with E-state index in [9.17, 15) is 0 Å². The molecule has 0 bridgehead atoms. The van der Waals surface area contributed by atoms with Crippen LogP contribution in [0.15, 0.2) is 10.7 Å². The number of rotatable bonds is 5. The lowest BCUT2D eigenvalue weighted by molar-refractivity contribution is 0.317. The maximum atomic E-state index is 5.26. The van der Waals surface area contributed by atoms with E-state index >= 15 is 0 Å². The molecule has 0 spiro atoms. The smallest absolute Gasteiger partial charge is 0.232 e. The van der Waals surface area contributed by atoms with Crippen LogP contribution < -0.4 is 5.32 Å². The summed E-state index contributed by atoms with van der Waals surface area (Å²) in [6.07, 6.45) is 4.46. The van der Waals surface area contributed by atoms with Crippen molar-refractivity contribution in [3.63, 3.8) is 0 Å². The molecule has 1 fully saturated rings. The zero-order valence-corrected chi connectivity index (χ0v) is 12.1.